The third-order valence-corrected chi connectivity index (χ3v) is 6.97. The van der Waals surface area contributed by atoms with Crippen molar-refractivity contribution >= 4 is 54.5 Å². The van der Waals surface area contributed by atoms with Crippen molar-refractivity contribution in [2.24, 2.45) is 0 Å². The SMILES string of the molecule is N=S(=O)(O)c1ccc(NC(=O)c2ccc(-c3nc4ccccc4s3)s2)cc1. The topological polar surface area (TPSA) is 103 Å². The summed E-state index contributed by atoms with van der Waals surface area (Å²) < 4.78 is 28.7. The number of para-hydroxylation sites is 1. The maximum absolute atomic E-state index is 12.5. The van der Waals surface area contributed by atoms with Crippen molar-refractivity contribution in [1.82, 2.24) is 4.98 Å². The molecule has 0 fully saturated rings. The van der Waals surface area contributed by atoms with Gasteiger partial charge in [0.05, 0.1) is 24.9 Å². The van der Waals surface area contributed by atoms with Gasteiger partial charge in [-0.1, -0.05) is 12.1 Å². The Morgan fingerprint density at radius 2 is 1.78 bits per heavy atom. The van der Waals surface area contributed by atoms with E-state index in [0.717, 1.165) is 20.1 Å². The molecule has 9 heteroatoms. The molecule has 1 atom stereocenters. The molecule has 0 bridgehead atoms. The van der Waals surface area contributed by atoms with Crippen LogP contribution in [0.5, 0.6) is 0 Å². The summed E-state index contributed by atoms with van der Waals surface area (Å²) in [7, 11) is -3.76. The van der Waals surface area contributed by atoms with Crippen LogP contribution in [0.2, 0.25) is 0 Å². The number of thiophene rings is 1. The number of anilines is 1. The Bertz CT molecular complexity index is 1210. The molecule has 0 aliphatic carbocycles. The molecule has 0 saturated carbocycles. The summed E-state index contributed by atoms with van der Waals surface area (Å²) in [5.41, 5.74) is 1.43. The number of amides is 1. The minimum Gasteiger partial charge on any atom is -0.321 e. The minimum absolute atomic E-state index is 0.00487. The first-order valence-corrected chi connectivity index (χ1v) is 10.9. The number of hydrogen-bond donors (Lipinski definition) is 3. The zero-order chi connectivity index (χ0) is 19.0. The maximum atomic E-state index is 12.5. The third kappa shape index (κ3) is 3.76. The molecule has 4 rings (SSSR count). The number of hydrogen-bond acceptors (Lipinski definition) is 6. The second-order valence-electron chi connectivity index (χ2n) is 5.65. The molecular formula is C18H13N3O3S3. The largest absolute Gasteiger partial charge is 0.321 e. The Morgan fingerprint density at radius 3 is 2.48 bits per heavy atom. The van der Waals surface area contributed by atoms with E-state index in [2.05, 4.69) is 10.3 Å². The highest BCUT2D eigenvalue weighted by atomic mass is 32.2. The van der Waals surface area contributed by atoms with Gasteiger partial charge in [0.2, 0.25) is 0 Å². The van der Waals surface area contributed by atoms with Crippen LogP contribution in [0.25, 0.3) is 20.1 Å². The predicted molar refractivity (Wildman–Crippen MR) is 109 cm³/mol. The molecule has 136 valence electrons. The number of fused-ring (bicyclic) bond motifs is 1. The van der Waals surface area contributed by atoms with E-state index in [-0.39, 0.29) is 10.8 Å². The Morgan fingerprint density at radius 1 is 1.04 bits per heavy atom. The second kappa shape index (κ2) is 6.86. The van der Waals surface area contributed by atoms with Gasteiger partial charge in [0, 0.05) is 5.69 Å². The molecule has 0 saturated heterocycles. The number of nitrogens with zero attached hydrogens (tertiary/aromatic N) is 1. The van der Waals surface area contributed by atoms with E-state index in [1.54, 1.807) is 17.4 Å². The first-order valence-electron chi connectivity index (χ1n) is 7.78. The molecule has 2 aromatic carbocycles. The highest BCUT2D eigenvalue weighted by molar-refractivity contribution is 7.86. The van der Waals surface area contributed by atoms with Crippen molar-refractivity contribution < 1.29 is 13.6 Å². The Balaban J connectivity index is 1.53. The molecule has 6 nitrogen and oxygen atoms in total. The first-order chi connectivity index (χ1) is 12.9. The number of carbonyl (C=O) groups is 1. The normalized spacial score (nSPS) is 13.4. The first kappa shape index (κ1) is 17.8. The van der Waals surface area contributed by atoms with Crippen LogP contribution in [0.1, 0.15) is 9.67 Å². The van der Waals surface area contributed by atoms with E-state index in [9.17, 15) is 13.6 Å². The summed E-state index contributed by atoms with van der Waals surface area (Å²) in [6.07, 6.45) is 0. The molecule has 2 aromatic heterocycles. The van der Waals surface area contributed by atoms with Crippen molar-refractivity contribution in [1.29, 1.82) is 4.78 Å². The quantitative estimate of drug-likeness (QED) is 0.428. The van der Waals surface area contributed by atoms with Crippen molar-refractivity contribution in [3.05, 3.63) is 65.5 Å². The van der Waals surface area contributed by atoms with Crippen LogP contribution in [0.15, 0.2) is 65.6 Å². The zero-order valence-corrected chi connectivity index (χ0v) is 16.2. The second-order valence-corrected chi connectivity index (χ2v) is 9.29. The summed E-state index contributed by atoms with van der Waals surface area (Å²) in [6.45, 7) is 0. The van der Waals surface area contributed by atoms with E-state index in [4.69, 9.17) is 4.78 Å². The minimum atomic E-state index is -3.76. The van der Waals surface area contributed by atoms with E-state index < -0.39 is 10.0 Å². The van der Waals surface area contributed by atoms with E-state index in [1.165, 1.54) is 35.6 Å². The van der Waals surface area contributed by atoms with Gasteiger partial charge in [-0.25, -0.2) is 14.0 Å². The van der Waals surface area contributed by atoms with Crippen molar-refractivity contribution in [2.45, 2.75) is 4.90 Å². The van der Waals surface area contributed by atoms with Gasteiger partial charge in [-0.3, -0.25) is 9.35 Å². The van der Waals surface area contributed by atoms with Crippen molar-refractivity contribution in [3.8, 4) is 9.88 Å². The summed E-state index contributed by atoms with van der Waals surface area (Å²) in [4.78, 5) is 18.5. The van der Waals surface area contributed by atoms with Crippen LogP contribution >= 0.6 is 22.7 Å². The summed E-state index contributed by atoms with van der Waals surface area (Å²) in [5, 5.41) is 3.62. The predicted octanol–water partition coefficient (Wildman–Crippen LogP) is 5.16. The lowest BCUT2D eigenvalue weighted by molar-refractivity contribution is 0.103. The molecule has 27 heavy (non-hydrogen) atoms. The molecule has 3 N–H and O–H groups in total. The van der Waals surface area contributed by atoms with Gasteiger partial charge in [0.25, 0.3) is 5.91 Å². The van der Waals surface area contributed by atoms with Crippen LogP contribution in [0.4, 0.5) is 5.69 Å². The number of aromatic nitrogens is 1. The summed E-state index contributed by atoms with van der Waals surface area (Å²) in [6, 6.07) is 17.2. The smallest absolute Gasteiger partial charge is 0.265 e. The van der Waals surface area contributed by atoms with E-state index >= 15 is 0 Å². The molecular weight excluding hydrogens is 402 g/mol. The molecule has 0 spiro atoms. The van der Waals surface area contributed by atoms with Crippen LogP contribution in [-0.4, -0.2) is 19.7 Å². The molecule has 0 aliphatic heterocycles. The third-order valence-electron chi connectivity index (χ3n) is 3.77. The Hall–Kier alpha value is -2.59. The molecule has 1 unspecified atom stereocenters. The zero-order valence-electron chi connectivity index (χ0n) is 13.7. The molecule has 4 aromatic rings. The standard InChI is InChI=1S/C18H13N3O3S3/c19-27(23,24)12-7-5-11(6-8-12)20-17(22)15-9-10-16(25-15)18-21-13-3-1-2-4-14(13)26-18/h1-10H,(H,20,22)(H2,19,23,24). The van der Waals surface area contributed by atoms with Gasteiger partial charge >= 0.3 is 0 Å². The lowest BCUT2D eigenvalue weighted by Gasteiger charge is -2.05. The lowest BCUT2D eigenvalue weighted by Crippen LogP contribution is -2.10. The number of carbonyl (C=O) groups excluding carboxylic acids is 1. The summed E-state index contributed by atoms with van der Waals surface area (Å²) in [5.74, 6) is -0.268. The van der Waals surface area contributed by atoms with Gasteiger partial charge in [0.1, 0.15) is 5.01 Å². The monoisotopic (exact) mass is 415 g/mol. The highest BCUT2D eigenvalue weighted by Gasteiger charge is 2.14. The average Bonchev–Trinajstić information content (AvgIpc) is 3.28. The number of thiazole rings is 1. The van der Waals surface area contributed by atoms with Gasteiger partial charge in [-0.2, -0.15) is 0 Å². The Kier molecular flexibility index (Phi) is 4.52. The van der Waals surface area contributed by atoms with Crippen LogP contribution in [0.3, 0.4) is 0 Å². The fourth-order valence-electron chi connectivity index (χ4n) is 2.47. The van der Waals surface area contributed by atoms with E-state index in [0.29, 0.717) is 10.6 Å². The number of nitrogens with one attached hydrogen (secondary N) is 2. The van der Waals surface area contributed by atoms with Crippen LogP contribution in [-0.2, 0) is 10.0 Å². The van der Waals surface area contributed by atoms with Gasteiger partial charge in [-0.05, 0) is 48.5 Å². The fraction of sp³-hybridized carbons (Fsp3) is 0. The number of rotatable bonds is 4. The maximum Gasteiger partial charge on any atom is 0.265 e. The highest BCUT2D eigenvalue weighted by Crippen LogP contribution is 2.34. The molecule has 2 heterocycles. The summed E-state index contributed by atoms with van der Waals surface area (Å²) >= 11 is 2.94. The van der Waals surface area contributed by atoms with Gasteiger partial charge in [-0.15, -0.1) is 22.7 Å². The van der Waals surface area contributed by atoms with Gasteiger partial charge in [0.15, 0.2) is 10.0 Å². The number of benzene rings is 2. The lowest BCUT2D eigenvalue weighted by atomic mass is 10.3. The molecule has 0 radical (unpaired) electrons. The average molecular weight is 416 g/mol. The van der Waals surface area contributed by atoms with Crippen molar-refractivity contribution in [2.75, 3.05) is 5.32 Å². The van der Waals surface area contributed by atoms with Crippen molar-refractivity contribution in [3.63, 3.8) is 0 Å². The van der Waals surface area contributed by atoms with Crippen LogP contribution in [0, 0.1) is 4.78 Å². The van der Waals surface area contributed by atoms with Gasteiger partial charge < -0.3 is 5.32 Å². The molecule has 0 aliphatic rings. The fourth-order valence-corrected chi connectivity index (χ4v) is 4.89. The Labute approximate surface area is 163 Å². The molecule has 1 amide bonds. The van der Waals surface area contributed by atoms with E-state index in [1.807, 2.05) is 30.3 Å². The van der Waals surface area contributed by atoms with Crippen LogP contribution < -0.4 is 5.32 Å².